The van der Waals surface area contributed by atoms with Crippen molar-refractivity contribution in [1.82, 2.24) is 14.4 Å². The van der Waals surface area contributed by atoms with E-state index in [1.807, 2.05) is 59.4 Å². The van der Waals surface area contributed by atoms with Crippen LogP contribution in [0.25, 0.3) is 17.0 Å². The molecule has 8 heteroatoms. The van der Waals surface area contributed by atoms with E-state index >= 15 is 0 Å². The number of fused-ring (bicyclic) bond motifs is 1. The lowest BCUT2D eigenvalue weighted by atomic mass is 10.1. The third kappa shape index (κ3) is 4.07. The zero-order valence-corrected chi connectivity index (χ0v) is 17.1. The van der Waals surface area contributed by atoms with E-state index in [9.17, 15) is 0 Å². The predicted octanol–water partition coefficient (Wildman–Crippen LogP) is 5.55. The van der Waals surface area contributed by atoms with Crippen LogP contribution in [0.4, 0.5) is 11.4 Å². The first-order valence-electron chi connectivity index (χ1n) is 8.83. The molecule has 4 rings (SSSR count). The number of hydrogen-bond donors (Lipinski definition) is 0. The lowest BCUT2D eigenvalue weighted by molar-refractivity contribution is 0.415. The second-order valence-corrected chi connectivity index (χ2v) is 6.99. The lowest BCUT2D eigenvalue weighted by Gasteiger charge is -2.07. The maximum atomic E-state index is 5.54. The van der Waals surface area contributed by atoms with Gasteiger partial charge in [0.2, 0.25) is 5.78 Å². The number of thioether (sulfide) groups is 1. The number of aromatic nitrogens is 3. The first kappa shape index (κ1) is 18.9. The van der Waals surface area contributed by atoms with Crippen LogP contribution in [0.5, 0.6) is 11.5 Å². The summed E-state index contributed by atoms with van der Waals surface area (Å²) in [6.45, 7) is 0. The summed E-state index contributed by atoms with van der Waals surface area (Å²) in [5.41, 5.74) is 3.06. The number of ether oxygens (including phenoxy) is 2. The largest absolute Gasteiger partial charge is 0.497 e. The number of imidazole rings is 1. The summed E-state index contributed by atoms with van der Waals surface area (Å²) >= 11 is 1.67. The minimum absolute atomic E-state index is 0.583. The van der Waals surface area contributed by atoms with Crippen LogP contribution in [0.15, 0.2) is 76.2 Å². The van der Waals surface area contributed by atoms with E-state index in [0.29, 0.717) is 11.5 Å². The molecule has 0 amide bonds. The average molecular weight is 405 g/mol. The van der Waals surface area contributed by atoms with Crippen molar-refractivity contribution in [1.29, 1.82) is 0 Å². The van der Waals surface area contributed by atoms with Crippen LogP contribution in [0, 0.1) is 0 Å². The molecule has 0 N–H and O–H groups in total. The van der Waals surface area contributed by atoms with Gasteiger partial charge in [-0.1, -0.05) is 0 Å². The number of methoxy groups -OCH3 is 2. The Balaban J connectivity index is 1.63. The normalized spacial score (nSPS) is 11.3. The van der Waals surface area contributed by atoms with Gasteiger partial charge < -0.3 is 9.47 Å². The third-order valence-corrected chi connectivity index (χ3v) is 5.06. The molecule has 0 fully saturated rings. The quantitative estimate of drug-likeness (QED) is 0.310. The predicted molar refractivity (Wildman–Crippen MR) is 114 cm³/mol. The molecule has 0 bridgehead atoms. The molecule has 146 valence electrons. The number of azo groups is 1. The Labute approximate surface area is 172 Å². The summed E-state index contributed by atoms with van der Waals surface area (Å²) < 4.78 is 12.5. The Morgan fingerprint density at radius 2 is 1.72 bits per heavy atom. The Morgan fingerprint density at radius 3 is 2.45 bits per heavy atom. The summed E-state index contributed by atoms with van der Waals surface area (Å²) in [5.74, 6) is 2.14. The molecular formula is C21H19N5O2S. The molecule has 7 nitrogen and oxygen atoms in total. The molecular weight excluding hydrogens is 386 g/mol. The van der Waals surface area contributed by atoms with Gasteiger partial charge in [0.05, 0.1) is 31.8 Å². The highest BCUT2D eigenvalue weighted by Gasteiger charge is 2.12. The monoisotopic (exact) mass is 405 g/mol. The maximum Gasteiger partial charge on any atom is 0.234 e. The van der Waals surface area contributed by atoms with Gasteiger partial charge in [0, 0.05) is 22.9 Å². The van der Waals surface area contributed by atoms with Crippen molar-refractivity contribution >= 4 is 28.9 Å². The summed E-state index contributed by atoms with van der Waals surface area (Å²) in [5, 5.41) is 8.51. The fraction of sp³-hybridized carbons (Fsp3) is 0.143. The topological polar surface area (TPSA) is 73.4 Å². The zero-order chi connectivity index (χ0) is 20.2. The molecule has 4 aromatic rings. The number of benzene rings is 2. The molecule has 0 unspecified atom stereocenters. The van der Waals surface area contributed by atoms with E-state index in [1.54, 1.807) is 32.2 Å². The zero-order valence-electron chi connectivity index (χ0n) is 16.2. The second kappa shape index (κ2) is 8.32. The second-order valence-electron chi connectivity index (χ2n) is 6.11. The highest BCUT2D eigenvalue weighted by molar-refractivity contribution is 7.98. The number of nitrogens with zero attached hydrogens (tertiary/aromatic N) is 5. The maximum absolute atomic E-state index is 5.54. The van der Waals surface area contributed by atoms with Crippen LogP contribution in [-0.2, 0) is 0 Å². The van der Waals surface area contributed by atoms with Gasteiger partial charge in [0.15, 0.2) is 0 Å². The molecule has 0 saturated heterocycles. The molecule has 0 atom stereocenters. The molecule has 0 aliphatic heterocycles. The van der Waals surface area contributed by atoms with Crippen molar-refractivity contribution < 1.29 is 9.47 Å². The van der Waals surface area contributed by atoms with Gasteiger partial charge in [-0.25, -0.2) is 9.97 Å². The van der Waals surface area contributed by atoms with E-state index in [-0.39, 0.29) is 0 Å². The summed E-state index contributed by atoms with van der Waals surface area (Å²) in [6, 6.07) is 13.4. The molecule has 2 heterocycles. The minimum atomic E-state index is 0.583. The minimum Gasteiger partial charge on any atom is -0.497 e. The molecule has 0 aliphatic carbocycles. The Kier molecular flexibility index (Phi) is 5.44. The van der Waals surface area contributed by atoms with Crippen molar-refractivity contribution in [3.05, 3.63) is 61.1 Å². The molecule has 0 spiro atoms. The smallest absolute Gasteiger partial charge is 0.234 e. The highest BCUT2D eigenvalue weighted by Crippen LogP contribution is 2.33. The standard InChI is InChI=1S/C21H19N5O2S/c1-27-16-6-4-14(5-7-16)24-25-15-11-22-21-23-19(13-26(21)12-15)18-9-8-17(29-3)10-20(18)28-2/h4-13H,1-3H3. The third-order valence-electron chi connectivity index (χ3n) is 4.33. The van der Waals surface area contributed by atoms with Crippen LogP contribution >= 0.6 is 11.8 Å². The first-order chi connectivity index (χ1) is 14.2. The van der Waals surface area contributed by atoms with Crippen LogP contribution < -0.4 is 9.47 Å². The summed E-state index contributed by atoms with van der Waals surface area (Å²) in [7, 11) is 3.29. The van der Waals surface area contributed by atoms with Gasteiger partial charge >= 0.3 is 0 Å². The lowest BCUT2D eigenvalue weighted by Crippen LogP contribution is -1.88. The fourth-order valence-corrected chi connectivity index (χ4v) is 3.26. The van der Waals surface area contributed by atoms with Crippen LogP contribution in [0.2, 0.25) is 0 Å². The van der Waals surface area contributed by atoms with Gasteiger partial charge in [-0.05, 0) is 48.7 Å². The van der Waals surface area contributed by atoms with Crippen LogP contribution in [0.1, 0.15) is 0 Å². The van der Waals surface area contributed by atoms with Crippen LogP contribution in [-0.4, -0.2) is 34.8 Å². The van der Waals surface area contributed by atoms with E-state index in [4.69, 9.17) is 9.47 Å². The van der Waals surface area contributed by atoms with Gasteiger partial charge in [0.25, 0.3) is 0 Å². The Bertz CT molecular complexity index is 1170. The number of hydrogen-bond acceptors (Lipinski definition) is 7. The Morgan fingerprint density at radius 1 is 0.931 bits per heavy atom. The molecule has 29 heavy (non-hydrogen) atoms. The van der Waals surface area contributed by atoms with Gasteiger partial charge in [0.1, 0.15) is 17.2 Å². The molecule has 0 aliphatic rings. The Hall–Kier alpha value is -3.39. The van der Waals surface area contributed by atoms with Crippen molar-refractivity contribution in [3.8, 4) is 22.8 Å². The van der Waals surface area contributed by atoms with Crippen molar-refractivity contribution in [2.24, 2.45) is 10.2 Å². The molecule has 2 aromatic carbocycles. The van der Waals surface area contributed by atoms with Crippen molar-refractivity contribution in [2.75, 3.05) is 20.5 Å². The van der Waals surface area contributed by atoms with E-state index in [2.05, 4.69) is 26.3 Å². The van der Waals surface area contributed by atoms with E-state index in [1.165, 1.54) is 0 Å². The van der Waals surface area contributed by atoms with Gasteiger partial charge in [-0.2, -0.15) is 5.11 Å². The van der Waals surface area contributed by atoms with E-state index < -0.39 is 0 Å². The average Bonchev–Trinajstić information content (AvgIpc) is 3.20. The summed E-state index contributed by atoms with van der Waals surface area (Å²) in [6.07, 6.45) is 7.43. The van der Waals surface area contributed by atoms with Crippen molar-refractivity contribution in [2.45, 2.75) is 4.90 Å². The molecule has 0 saturated carbocycles. The van der Waals surface area contributed by atoms with E-state index in [0.717, 1.165) is 33.3 Å². The summed E-state index contributed by atoms with van der Waals surface area (Å²) in [4.78, 5) is 10.1. The SMILES string of the molecule is COc1ccc(N=Nc2cnc3nc(-c4ccc(SC)cc4OC)cn3c2)cc1. The molecule has 2 aromatic heterocycles. The van der Waals surface area contributed by atoms with Crippen LogP contribution in [0.3, 0.4) is 0 Å². The van der Waals surface area contributed by atoms with Crippen molar-refractivity contribution in [3.63, 3.8) is 0 Å². The number of rotatable bonds is 6. The molecule has 0 radical (unpaired) electrons. The van der Waals surface area contributed by atoms with Gasteiger partial charge in [-0.3, -0.25) is 4.40 Å². The highest BCUT2D eigenvalue weighted by atomic mass is 32.2. The fourth-order valence-electron chi connectivity index (χ4n) is 2.83. The first-order valence-corrected chi connectivity index (χ1v) is 10.1. The van der Waals surface area contributed by atoms with Gasteiger partial charge in [-0.15, -0.1) is 16.9 Å².